The largest absolute Gasteiger partial charge is 0.310 e. The van der Waals surface area contributed by atoms with Crippen molar-refractivity contribution in [1.29, 1.82) is 0 Å². The maximum Gasteiger partial charge on any atom is 0.0540 e. The summed E-state index contributed by atoms with van der Waals surface area (Å²) < 4.78 is 0. The highest BCUT2D eigenvalue weighted by molar-refractivity contribution is 6.04. The molecule has 1 heteroatoms. The Morgan fingerprint density at radius 2 is 0.698 bits per heavy atom. The number of benzene rings is 9. The molecule has 0 radical (unpaired) electrons. The lowest BCUT2D eigenvalue weighted by atomic mass is 9.89. The van der Waals surface area contributed by atoms with E-state index >= 15 is 0 Å². The van der Waals surface area contributed by atoms with Gasteiger partial charge in [0.25, 0.3) is 0 Å². The maximum absolute atomic E-state index is 2.40. The van der Waals surface area contributed by atoms with Gasteiger partial charge in [-0.1, -0.05) is 188 Å². The van der Waals surface area contributed by atoms with E-state index in [-0.39, 0.29) is 0 Å². The minimum atomic E-state index is 1.09. The molecule has 9 rings (SSSR count). The molecule has 0 N–H and O–H groups in total. The van der Waals surface area contributed by atoms with Crippen molar-refractivity contribution in [2.45, 2.75) is 0 Å². The SMILES string of the molecule is c1ccc(-c2ccc(N(c3ccc(-c4c(-c5ccccc5)ccc5ccccc45)cc3)c3ccc(-c4ccccc4)cc3-c3ccccc3)cc2)cc1. The van der Waals surface area contributed by atoms with E-state index in [1.165, 1.54) is 66.4 Å². The van der Waals surface area contributed by atoms with Crippen molar-refractivity contribution in [3.63, 3.8) is 0 Å². The predicted molar refractivity (Wildman–Crippen MR) is 226 cm³/mol. The molecule has 250 valence electrons. The minimum Gasteiger partial charge on any atom is -0.310 e. The number of hydrogen-bond donors (Lipinski definition) is 0. The van der Waals surface area contributed by atoms with Crippen LogP contribution in [0.15, 0.2) is 224 Å². The van der Waals surface area contributed by atoms with Crippen molar-refractivity contribution in [3.05, 3.63) is 224 Å². The van der Waals surface area contributed by atoms with Gasteiger partial charge in [0.1, 0.15) is 0 Å². The third-order valence-corrected chi connectivity index (χ3v) is 10.1. The van der Waals surface area contributed by atoms with Gasteiger partial charge in [0.15, 0.2) is 0 Å². The van der Waals surface area contributed by atoms with Crippen LogP contribution in [0.25, 0.3) is 66.4 Å². The van der Waals surface area contributed by atoms with Gasteiger partial charge in [-0.2, -0.15) is 0 Å². The minimum absolute atomic E-state index is 1.09. The average molecular weight is 676 g/mol. The van der Waals surface area contributed by atoms with Crippen molar-refractivity contribution in [3.8, 4) is 55.6 Å². The molecular weight excluding hydrogens is 639 g/mol. The monoisotopic (exact) mass is 675 g/mol. The lowest BCUT2D eigenvalue weighted by molar-refractivity contribution is 1.28. The third kappa shape index (κ3) is 6.42. The van der Waals surface area contributed by atoms with Gasteiger partial charge < -0.3 is 4.90 Å². The van der Waals surface area contributed by atoms with Crippen LogP contribution in [0.3, 0.4) is 0 Å². The van der Waals surface area contributed by atoms with Crippen molar-refractivity contribution < 1.29 is 0 Å². The third-order valence-electron chi connectivity index (χ3n) is 10.1. The summed E-state index contributed by atoms with van der Waals surface area (Å²) in [5.74, 6) is 0. The molecule has 0 bridgehead atoms. The average Bonchev–Trinajstić information content (AvgIpc) is 3.25. The normalized spacial score (nSPS) is 11.0. The van der Waals surface area contributed by atoms with E-state index in [4.69, 9.17) is 0 Å². The molecule has 0 fully saturated rings. The first kappa shape index (κ1) is 32.0. The maximum atomic E-state index is 2.40. The van der Waals surface area contributed by atoms with E-state index in [9.17, 15) is 0 Å². The zero-order valence-corrected chi connectivity index (χ0v) is 29.3. The van der Waals surface area contributed by atoms with Crippen LogP contribution in [0.1, 0.15) is 0 Å². The molecule has 0 unspecified atom stereocenters. The van der Waals surface area contributed by atoms with Gasteiger partial charge in [-0.15, -0.1) is 0 Å². The fourth-order valence-corrected chi connectivity index (χ4v) is 7.47. The summed E-state index contributed by atoms with van der Waals surface area (Å²) in [7, 11) is 0. The van der Waals surface area contributed by atoms with Crippen molar-refractivity contribution in [2.24, 2.45) is 0 Å². The van der Waals surface area contributed by atoms with E-state index in [1.54, 1.807) is 0 Å². The Balaban J connectivity index is 1.22. The van der Waals surface area contributed by atoms with Crippen molar-refractivity contribution >= 4 is 27.8 Å². The summed E-state index contributed by atoms with van der Waals surface area (Å²) >= 11 is 0. The van der Waals surface area contributed by atoms with Gasteiger partial charge in [-0.3, -0.25) is 0 Å². The van der Waals surface area contributed by atoms with Gasteiger partial charge in [-0.25, -0.2) is 0 Å². The summed E-state index contributed by atoms with van der Waals surface area (Å²) in [5.41, 5.74) is 15.3. The number of fused-ring (bicyclic) bond motifs is 1. The van der Waals surface area contributed by atoms with Crippen LogP contribution in [-0.2, 0) is 0 Å². The molecule has 53 heavy (non-hydrogen) atoms. The van der Waals surface area contributed by atoms with Gasteiger partial charge in [0.05, 0.1) is 5.69 Å². The second kappa shape index (κ2) is 14.3. The first-order valence-electron chi connectivity index (χ1n) is 18.2. The topological polar surface area (TPSA) is 3.24 Å². The molecule has 9 aromatic carbocycles. The molecule has 0 aliphatic rings. The second-order valence-corrected chi connectivity index (χ2v) is 13.3. The van der Waals surface area contributed by atoms with Crippen LogP contribution in [0.5, 0.6) is 0 Å². The van der Waals surface area contributed by atoms with Crippen molar-refractivity contribution in [1.82, 2.24) is 0 Å². The molecule has 0 heterocycles. The lowest BCUT2D eigenvalue weighted by Gasteiger charge is -2.29. The Kier molecular flexibility index (Phi) is 8.66. The molecule has 1 nitrogen and oxygen atoms in total. The predicted octanol–water partition coefficient (Wildman–Crippen LogP) is 14.6. The fourth-order valence-electron chi connectivity index (χ4n) is 7.47. The highest BCUT2D eigenvalue weighted by Gasteiger charge is 2.20. The molecule has 0 aromatic heterocycles. The smallest absolute Gasteiger partial charge is 0.0540 e. The van der Waals surface area contributed by atoms with Gasteiger partial charge in [0, 0.05) is 16.9 Å². The Bertz CT molecular complexity index is 2610. The molecule has 0 saturated heterocycles. The standard InChI is InChI=1S/C52H37N/c1-5-15-38(16-6-1)40-25-31-46(32-26-40)53(51-36-30-45(39-17-7-2-8-18-39)37-50(51)42-21-11-4-12-22-42)47-33-27-44(28-34-47)52-48-24-14-13-23-43(48)29-35-49(52)41-19-9-3-10-20-41/h1-37H. The van der Waals surface area contributed by atoms with Crippen LogP contribution in [0.2, 0.25) is 0 Å². The Morgan fingerprint density at radius 1 is 0.264 bits per heavy atom. The van der Waals surface area contributed by atoms with Crippen LogP contribution < -0.4 is 4.90 Å². The molecule has 0 amide bonds. The van der Waals surface area contributed by atoms with E-state index in [0.29, 0.717) is 0 Å². The number of nitrogens with zero attached hydrogens (tertiary/aromatic N) is 1. The highest BCUT2D eigenvalue weighted by Crippen LogP contribution is 2.45. The molecular formula is C52H37N. The van der Waals surface area contributed by atoms with Crippen molar-refractivity contribution in [2.75, 3.05) is 4.90 Å². The zero-order chi connectivity index (χ0) is 35.4. The number of anilines is 3. The summed E-state index contributed by atoms with van der Waals surface area (Å²) in [4.78, 5) is 2.40. The summed E-state index contributed by atoms with van der Waals surface area (Å²) in [6, 6.07) is 80.8. The molecule has 0 saturated carbocycles. The fraction of sp³-hybridized carbons (Fsp3) is 0. The molecule has 0 aliphatic carbocycles. The lowest BCUT2D eigenvalue weighted by Crippen LogP contribution is -2.11. The summed E-state index contributed by atoms with van der Waals surface area (Å²) in [6.07, 6.45) is 0. The van der Waals surface area contributed by atoms with E-state index in [1.807, 2.05) is 0 Å². The van der Waals surface area contributed by atoms with Crippen LogP contribution in [0.4, 0.5) is 17.1 Å². The Hall–Kier alpha value is -6.96. The van der Waals surface area contributed by atoms with E-state index in [2.05, 4.69) is 229 Å². The number of hydrogen-bond acceptors (Lipinski definition) is 1. The molecule has 0 aliphatic heterocycles. The quantitative estimate of drug-likeness (QED) is 0.155. The van der Waals surface area contributed by atoms with Crippen LogP contribution in [0, 0.1) is 0 Å². The van der Waals surface area contributed by atoms with Gasteiger partial charge in [0.2, 0.25) is 0 Å². The summed E-state index contributed by atoms with van der Waals surface area (Å²) in [6.45, 7) is 0. The molecule has 0 atom stereocenters. The first-order chi connectivity index (χ1) is 26.3. The number of rotatable bonds is 8. The molecule has 0 spiro atoms. The van der Waals surface area contributed by atoms with Gasteiger partial charge >= 0.3 is 0 Å². The first-order valence-corrected chi connectivity index (χ1v) is 18.2. The zero-order valence-electron chi connectivity index (χ0n) is 29.3. The van der Waals surface area contributed by atoms with Gasteiger partial charge in [-0.05, 0) is 97.2 Å². The molecule has 9 aromatic rings. The Labute approximate surface area is 311 Å². The van der Waals surface area contributed by atoms with E-state index in [0.717, 1.165) is 17.1 Å². The van der Waals surface area contributed by atoms with E-state index < -0.39 is 0 Å². The summed E-state index contributed by atoms with van der Waals surface area (Å²) in [5, 5.41) is 2.48. The van der Waals surface area contributed by atoms with Crippen LogP contribution >= 0.6 is 0 Å². The highest BCUT2D eigenvalue weighted by atomic mass is 15.1. The van der Waals surface area contributed by atoms with Crippen LogP contribution in [-0.4, -0.2) is 0 Å². The Morgan fingerprint density at radius 3 is 1.28 bits per heavy atom. The second-order valence-electron chi connectivity index (χ2n) is 13.3.